The number of hydrogen-bond donors (Lipinski definition) is 2. The summed E-state index contributed by atoms with van der Waals surface area (Å²) in [5, 5.41) is 12.5. The van der Waals surface area contributed by atoms with Gasteiger partial charge >= 0.3 is 0 Å². The first-order valence-corrected chi connectivity index (χ1v) is 7.79. The molecular formula is C15H30N2O. The van der Waals surface area contributed by atoms with Gasteiger partial charge in [0.1, 0.15) is 0 Å². The van der Waals surface area contributed by atoms with Crippen molar-refractivity contribution in [3.63, 3.8) is 0 Å². The fraction of sp³-hybridized carbons (Fsp3) is 1.00. The van der Waals surface area contributed by atoms with Gasteiger partial charge in [0.15, 0.2) is 0 Å². The fourth-order valence-corrected chi connectivity index (χ4v) is 3.24. The van der Waals surface area contributed by atoms with Crippen LogP contribution >= 0.6 is 0 Å². The van der Waals surface area contributed by atoms with Gasteiger partial charge in [-0.05, 0) is 44.1 Å². The molecule has 1 aliphatic carbocycles. The molecule has 0 radical (unpaired) electrons. The van der Waals surface area contributed by atoms with Crippen molar-refractivity contribution in [1.82, 2.24) is 10.2 Å². The summed E-state index contributed by atoms with van der Waals surface area (Å²) in [6, 6.07) is 1.51. The number of hydrogen-bond acceptors (Lipinski definition) is 3. The van der Waals surface area contributed by atoms with Gasteiger partial charge in [0.2, 0.25) is 0 Å². The van der Waals surface area contributed by atoms with Gasteiger partial charge in [-0.15, -0.1) is 0 Å². The van der Waals surface area contributed by atoms with E-state index in [4.69, 9.17) is 5.11 Å². The topological polar surface area (TPSA) is 35.5 Å². The fourth-order valence-electron chi connectivity index (χ4n) is 3.24. The van der Waals surface area contributed by atoms with Crippen molar-refractivity contribution in [2.24, 2.45) is 11.8 Å². The van der Waals surface area contributed by atoms with Gasteiger partial charge in [-0.1, -0.05) is 20.3 Å². The highest BCUT2D eigenvalue weighted by Crippen LogP contribution is 2.31. The summed E-state index contributed by atoms with van der Waals surface area (Å²) in [4.78, 5) is 2.73. The predicted octanol–water partition coefficient (Wildman–Crippen LogP) is 1.86. The Labute approximate surface area is 112 Å². The Balaban J connectivity index is 1.84. The Bertz CT molecular complexity index is 241. The van der Waals surface area contributed by atoms with Crippen LogP contribution in [0.25, 0.3) is 0 Å². The van der Waals surface area contributed by atoms with Crippen molar-refractivity contribution in [1.29, 1.82) is 0 Å². The summed E-state index contributed by atoms with van der Waals surface area (Å²) >= 11 is 0. The summed E-state index contributed by atoms with van der Waals surface area (Å²) in [7, 11) is 0. The average Bonchev–Trinajstić information content (AvgIpc) is 2.27. The third-order valence-corrected chi connectivity index (χ3v) is 4.81. The summed E-state index contributed by atoms with van der Waals surface area (Å²) in [5.41, 5.74) is 0. The zero-order valence-corrected chi connectivity index (χ0v) is 12.1. The number of nitrogens with zero attached hydrogens (tertiary/aromatic N) is 1. The molecule has 0 aromatic rings. The van der Waals surface area contributed by atoms with Crippen LogP contribution in [0.5, 0.6) is 0 Å². The predicted molar refractivity (Wildman–Crippen MR) is 75.7 cm³/mol. The number of rotatable bonds is 6. The molecule has 2 unspecified atom stereocenters. The molecule has 3 nitrogen and oxygen atoms in total. The Morgan fingerprint density at radius 3 is 2.61 bits per heavy atom. The molecule has 0 bridgehead atoms. The summed E-state index contributed by atoms with van der Waals surface area (Å²) < 4.78 is 0. The maximum absolute atomic E-state index is 8.87. The first kappa shape index (κ1) is 14.3. The molecule has 0 amide bonds. The van der Waals surface area contributed by atoms with E-state index in [1.807, 2.05) is 0 Å². The summed E-state index contributed by atoms with van der Waals surface area (Å²) in [5.74, 6) is 1.63. The third kappa shape index (κ3) is 3.69. The van der Waals surface area contributed by atoms with Gasteiger partial charge in [0.25, 0.3) is 0 Å². The van der Waals surface area contributed by atoms with Gasteiger partial charge in [-0.2, -0.15) is 0 Å². The molecule has 2 atom stereocenters. The van der Waals surface area contributed by atoms with Crippen molar-refractivity contribution in [3.8, 4) is 0 Å². The van der Waals surface area contributed by atoms with E-state index in [1.54, 1.807) is 0 Å². The van der Waals surface area contributed by atoms with E-state index in [-0.39, 0.29) is 0 Å². The zero-order valence-electron chi connectivity index (χ0n) is 12.1. The molecule has 2 fully saturated rings. The second-order valence-electron chi connectivity index (χ2n) is 6.51. The molecule has 2 N–H and O–H groups in total. The van der Waals surface area contributed by atoms with Crippen LogP contribution in [0.3, 0.4) is 0 Å². The standard InChI is InChI=1S/C15H30N2O/c1-12(2)13-9-14(16-7-4-8-18)11-17(10-13)15-5-3-6-15/h12-16,18H,3-11H2,1-2H3. The van der Waals surface area contributed by atoms with Crippen LogP contribution in [0.15, 0.2) is 0 Å². The lowest BCUT2D eigenvalue weighted by Crippen LogP contribution is -2.55. The molecule has 18 heavy (non-hydrogen) atoms. The molecule has 0 aromatic heterocycles. The van der Waals surface area contributed by atoms with Crippen molar-refractivity contribution in [3.05, 3.63) is 0 Å². The molecule has 2 aliphatic rings. The monoisotopic (exact) mass is 254 g/mol. The first-order chi connectivity index (χ1) is 8.70. The lowest BCUT2D eigenvalue weighted by molar-refractivity contribution is 0.0449. The minimum absolute atomic E-state index is 0.305. The van der Waals surface area contributed by atoms with Crippen LogP contribution < -0.4 is 5.32 Å². The molecule has 1 saturated heterocycles. The second kappa shape index (κ2) is 6.88. The molecule has 0 spiro atoms. The van der Waals surface area contributed by atoms with Crippen LogP contribution in [-0.4, -0.2) is 48.3 Å². The average molecular weight is 254 g/mol. The van der Waals surface area contributed by atoms with E-state index in [2.05, 4.69) is 24.1 Å². The first-order valence-electron chi connectivity index (χ1n) is 7.79. The SMILES string of the molecule is CC(C)C1CC(NCCCO)CN(C2CCC2)C1. The van der Waals surface area contributed by atoms with E-state index >= 15 is 0 Å². The van der Waals surface area contributed by atoms with E-state index in [0.717, 1.165) is 30.8 Å². The number of likely N-dealkylation sites (tertiary alicyclic amines) is 1. The highest BCUT2D eigenvalue weighted by atomic mass is 16.3. The molecule has 1 heterocycles. The van der Waals surface area contributed by atoms with E-state index in [0.29, 0.717) is 12.6 Å². The number of piperidine rings is 1. The van der Waals surface area contributed by atoms with Crippen molar-refractivity contribution in [2.45, 2.75) is 58.0 Å². The number of aliphatic hydroxyl groups excluding tert-OH is 1. The molecule has 3 heteroatoms. The maximum atomic E-state index is 8.87. The highest BCUT2D eigenvalue weighted by Gasteiger charge is 2.34. The number of aliphatic hydroxyl groups is 1. The van der Waals surface area contributed by atoms with Crippen molar-refractivity contribution < 1.29 is 5.11 Å². The quantitative estimate of drug-likeness (QED) is 0.710. The largest absolute Gasteiger partial charge is 0.396 e. The molecule has 0 aromatic carbocycles. The lowest BCUT2D eigenvalue weighted by atomic mass is 9.82. The smallest absolute Gasteiger partial charge is 0.0443 e. The van der Waals surface area contributed by atoms with Gasteiger partial charge in [0, 0.05) is 31.8 Å². The molecule has 1 aliphatic heterocycles. The third-order valence-electron chi connectivity index (χ3n) is 4.81. The minimum atomic E-state index is 0.305. The van der Waals surface area contributed by atoms with E-state index in [1.165, 1.54) is 38.8 Å². The van der Waals surface area contributed by atoms with Crippen LogP contribution in [0, 0.1) is 11.8 Å². The van der Waals surface area contributed by atoms with Crippen LogP contribution in [0.1, 0.15) is 46.0 Å². The highest BCUT2D eigenvalue weighted by molar-refractivity contribution is 4.90. The van der Waals surface area contributed by atoms with Crippen LogP contribution in [0.2, 0.25) is 0 Å². The Kier molecular flexibility index (Phi) is 5.46. The van der Waals surface area contributed by atoms with Crippen molar-refractivity contribution in [2.75, 3.05) is 26.2 Å². The van der Waals surface area contributed by atoms with Crippen LogP contribution in [-0.2, 0) is 0 Å². The molecule has 106 valence electrons. The molecular weight excluding hydrogens is 224 g/mol. The summed E-state index contributed by atoms with van der Waals surface area (Å²) in [6.07, 6.45) is 6.44. The number of nitrogens with one attached hydrogen (secondary N) is 1. The lowest BCUT2D eigenvalue weighted by Gasteiger charge is -2.46. The van der Waals surface area contributed by atoms with Gasteiger partial charge in [-0.25, -0.2) is 0 Å². The maximum Gasteiger partial charge on any atom is 0.0443 e. The molecule has 1 saturated carbocycles. The van der Waals surface area contributed by atoms with Gasteiger partial charge in [-0.3, -0.25) is 4.90 Å². The Hall–Kier alpha value is -0.120. The second-order valence-corrected chi connectivity index (χ2v) is 6.51. The van der Waals surface area contributed by atoms with Crippen molar-refractivity contribution >= 4 is 0 Å². The Morgan fingerprint density at radius 1 is 1.28 bits per heavy atom. The Morgan fingerprint density at radius 2 is 2.06 bits per heavy atom. The van der Waals surface area contributed by atoms with Gasteiger partial charge < -0.3 is 10.4 Å². The minimum Gasteiger partial charge on any atom is -0.396 e. The zero-order chi connectivity index (χ0) is 13.0. The molecule has 2 rings (SSSR count). The summed E-state index contributed by atoms with van der Waals surface area (Å²) in [6.45, 7) is 8.52. The van der Waals surface area contributed by atoms with E-state index < -0.39 is 0 Å². The van der Waals surface area contributed by atoms with E-state index in [9.17, 15) is 0 Å². The normalized spacial score (nSPS) is 30.7. The van der Waals surface area contributed by atoms with Gasteiger partial charge in [0.05, 0.1) is 0 Å². The van der Waals surface area contributed by atoms with Crippen LogP contribution in [0.4, 0.5) is 0 Å².